The van der Waals surface area contributed by atoms with Gasteiger partial charge in [0, 0.05) is 18.2 Å². The molecule has 0 aliphatic heterocycles. The highest BCUT2D eigenvalue weighted by molar-refractivity contribution is 6.38. The second-order valence-corrected chi connectivity index (χ2v) is 7.56. The Morgan fingerprint density at radius 1 is 1.19 bits per heavy atom. The number of carbonyl (C=O) groups excluding carboxylic acids is 3. The Hall–Kier alpha value is -4.32. The van der Waals surface area contributed by atoms with Crippen LogP contribution in [0.4, 0.5) is 5.82 Å². The van der Waals surface area contributed by atoms with Crippen LogP contribution in [0.3, 0.4) is 0 Å². The van der Waals surface area contributed by atoms with Gasteiger partial charge in [0.05, 0.1) is 11.6 Å². The lowest BCUT2D eigenvalue weighted by Gasteiger charge is -2.16. The molecule has 1 atom stereocenters. The van der Waals surface area contributed by atoms with Crippen LogP contribution in [0.1, 0.15) is 34.8 Å². The summed E-state index contributed by atoms with van der Waals surface area (Å²) in [6.07, 6.45) is 5.18. The maximum atomic E-state index is 13.2. The number of Topliss-reactive ketones (excluding diaryl/α,β-unsaturated/α-hetero) is 1. The number of nitrogens with one attached hydrogen (secondary N) is 1. The van der Waals surface area contributed by atoms with Crippen molar-refractivity contribution in [1.29, 1.82) is 0 Å². The highest BCUT2D eigenvalue weighted by atomic mass is 16.2. The van der Waals surface area contributed by atoms with E-state index >= 15 is 0 Å². The highest BCUT2D eigenvalue weighted by Crippen LogP contribution is 2.36. The average molecular weight is 428 g/mol. The molecule has 2 amide bonds. The molecule has 32 heavy (non-hydrogen) atoms. The molecule has 0 bridgehead atoms. The number of amides is 2. The molecule has 1 saturated carbocycles. The summed E-state index contributed by atoms with van der Waals surface area (Å²) in [5.74, 6) is -2.30. The van der Waals surface area contributed by atoms with E-state index in [0.29, 0.717) is 11.3 Å². The molecule has 3 aromatic rings. The first-order chi connectivity index (χ1) is 15.5. The molecule has 1 aromatic carbocycles. The van der Waals surface area contributed by atoms with Gasteiger partial charge in [-0.15, -0.1) is 4.98 Å². The first-order valence-corrected chi connectivity index (χ1v) is 10.1. The Bertz CT molecular complexity index is 1210. The number of pyridine rings is 1. The van der Waals surface area contributed by atoms with Gasteiger partial charge in [-0.3, -0.25) is 19.1 Å². The molecule has 3 N–H and O–H groups in total. The summed E-state index contributed by atoms with van der Waals surface area (Å²) in [5, 5.41) is 7.21. The van der Waals surface area contributed by atoms with Gasteiger partial charge in [0.1, 0.15) is 17.9 Å². The summed E-state index contributed by atoms with van der Waals surface area (Å²) in [6.45, 7) is 7.05. The lowest BCUT2D eigenvalue weighted by molar-refractivity contribution is -0.137. The number of carbonyl (C=O) groups is 3. The van der Waals surface area contributed by atoms with Crippen LogP contribution in [-0.2, 0) is 16.0 Å². The van der Waals surface area contributed by atoms with E-state index in [1.54, 1.807) is 47.3 Å². The summed E-state index contributed by atoms with van der Waals surface area (Å²) < 4.78 is 1.73. The Labute approximate surface area is 184 Å². The molecule has 1 unspecified atom stereocenters. The van der Waals surface area contributed by atoms with Crippen molar-refractivity contribution in [2.45, 2.75) is 31.3 Å². The molecule has 0 radical (unpaired) electrons. The Balaban J connectivity index is 1.65. The maximum Gasteiger partial charge on any atom is 0.287 e. The van der Waals surface area contributed by atoms with Gasteiger partial charge in [-0.25, -0.2) is 0 Å². The minimum atomic E-state index is -1.11. The normalized spacial score (nSPS) is 13.7. The van der Waals surface area contributed by atoms with Crippen molar-refractivity contribution in [3.63, 3.8) is 0 Å². The molecular formula is C23H20N6O3. The Morgan fingerprint density at radius 3 is 2.53 bits per heavy atom. The van der Waals surface area contributed by atoms with Gasteiger partial charge in [0.25, 0.3) is 17.6 Å². The number of nitrogens with zero attached hydrogens (tertiary/aromatic N) is 4. The fraction of sp³-hybridized carbons (Fsp3) is 0.217. The number of ketones is 1. The predicted molar refractivity (Wildman–Crippen MR) is 116 cm³/mol. The molecule has 1 aliphatic rings. The zero-order valence-electron chi connectivity index (χ0n) is 17.1. The standard InChI is InChI=1S/C23H20N6O3/c1-25-19-10-7-15(12-26-19)20-17(13-29(28-20)16-8-9-16)23(32)27-18(21(30)22(24)31)11-14-5-3-2-4-6-14/h2-7,10,12-13,16,18H,8-9,11H2,(H2,24,31)(H,27,32). The van der Waals surface area contributed by atoms with E-state index in [1.807, 2.05) is 6.07 Å². The van der Waals surface area contributed by atoms with E-state index < -0.39 is 23.6 Å². The molecule has 1 fully saturated rings. The van der Waals surface area contributed by atoms with Crippen LogP contribution in [0, 0.1) is 6.57 Å². The number of primary amides is 1. The summed E-state index contributed by atoms with van der Waals surface area (Å²) in [7, 11) is 0. The maximum absolute atomic E-state index is 13.2. The highest BCUT2D eigenvalue weighted by Gasteiger charge is 2.31. The predicted octanol–water partition coefficient (Wildman–Crippen LogP) is 2.23. The molecule has 1 aliphatic carbocycles. The van der Waals surface area contributed by atoms with E-state index in [2.05, 4.69) is 20.2 Å². The van der Waals surface area contributed by atoms with Crippen molar-refractivity contribution in [1.82, 2.24) is 20.1 Å². The molecule has 0 spiro atoms. The van der Waals surface area contributed by atoms with Crippen molar-refractivity contribution in [2.24, 2.45) is 5.73 Å². The van der Waals surface area contributed by atoms with Gasteiger partial charge < -0.3 is 15.9 Å². The molecule has 0 saturated heterocycles. The Morgan fingerprint density at radius 2 is 1.94 bits per heavy atom. The van der Waals surface area contributed by atoms with E-state index in [0.717, 1.165) is 18.4 Å². The third-order valence-corrected chi connectivity index (χ3v) is 5.18. The third-order valence-electron chi connectivity index (χ3n) is 5.18. The largest absolute Gasteiger partial charge is 0.363 e. The Kier molecular flexibility index (Phi) is 5.77. The van der Waals surface area contributed by atoms with Crippen LogP contribution in [0.25, 0.3) is 16.1 Å². The zero-order valence-corrected chi connectivity index (χ0v) is 17.1. The van der Waals surface area contributed by atoms with E-state index in [-0.39, 0.29) is 23.8 Å². The van der Waals surface area contributed by atoms with Gasteiger partial charge in [-0.1, -0.05) is 43.0 Å². The van der Waals surface area contributed by atoms with Crippen LogP contribution in [-0.4, -0.2) is 38.4 Å². The van der Waals surface area contributed by atoms with Crippen molar-refractivity contribution in [3.8, 4) is 11.3 Å². The van der Waals surface area contributed by atoms with E-state index in [4.69, 9.17) is 12.3 Å². The van der Waals surface area contributed by atoms with Gasteiger partial charge in [-0.2, -0.15) is 5.10 Å². The summed E-state index contributed by atoms with van der Waals surface area (Å²) >= 11 is 0. The molecule has 4 rings (SSSR count). The lowest BCUT2D eigenvalue weighted by Crippen LogP contribution is -2.47. The SMILES string of the molecule is [C-]#[N+]c1ccc(-c2nn(C3CC3)cc2C(=O)NC(Cc2ccccc2)C(=O)C(N)=O)cn1. The molecular weight excluding hydrogens is 408 g/mol. The van der Waals surface area contributed by atoms with Crippen LogP contribution < -0.4 is 11.1 Å². The number of rotatable bonds is 8. The van der Waals surface area contributed by atoms with Gasteiger partial charge in [0.15, 0.2) is 0 Å². The number of hydrogen-bond donors (Lipinski definition) is 2. The molecule has 2 heterocycles. The van der Waals surface area contributed by atoms with E-state index in [9.17, 15) is 14.4 Å². The zero-order chi connectivity index (χ0) is 22.7. The fourth-order valence-corrected chi connectivity index (χ4v) is 3.36. The van der Waals surface area contributed by atoms with Crippen LogP contribution in [0.2, 0.25) is 0 Å². The minimum absolute atomic E-state index is 0.127. The van der Waals surface area contributed by atoms with Crippen molar-refractivity contribution in [2.75, 3.05) is 0 Å². The van der Waals surface area contributed by atoms with Crippen molar-refractivity contribution < 1.29 is 14.4 Å². The molecule has 9 nitrogen and oxygen atoms in total. The second kappa shape index (κ2) is 8.81. The molecule has 160 valence electrons. The summed E-state index contributed by atoms with van der Waals surface area (Å²) in [6, 6.07) is 11.4. The number of nitrogens with two attached hydrogens (primary N) is 1. The van der Waals surface area contributed by atoms with Crippen molar-refractivity contribution >= 4 is 23.4 Å². The topological polar surface area (TPSA) is 124 Å². The first-order valence-electron chi connectivity index (χ1n) is 10.1. The van der Waals surface area contributed by atoms with Crippen molar-refractivity contribution in [3.05, 3.63) is 77.4 Å². The third kappa shape index (κ3) is 4.54. The second-order valence-electron chi connectivity index (χ2n) is 7.56. The van der Waals surface area contributed by atoms with E-state index in [1.165, 1.54) is 6.20 Å². The minimum Gasteiger partial charge on any atom is -0.363 e. The van der Waals surface area contributed by atoms with Gasteiger partial charge >= 0.3 is 0 Å². The number of benzene rings is 1. The summed E-state index contributed by atoms with van der Waals surface area (Å²) in [4.78, 5) is 44.5. The quantitative estimate of drug-likeness (QED) is 0.421. The number of aromatic nitrogens is 3. The smallest absolute Gasteiger partial charge is 0.287 e. The molecule has 2 aromatic heterocycles. The lowest BCUT2D eigenvalue weighted by atomic mass is 10.0. The first kappa shape index (κ1) is 20.9. The average Bonchev–Trinajstić information content (AvgIpc) is 3.57. The monoisotopic (exact) mass is 428 g/mol. The van der Waals surface area contributed by atoms with Crippen LogP contribution in [0.15, 0.2) is 54.9 Å². The van der Waals surface area contributed by atoms with Gasteiger partial charge in [-0.05, 0) is 24.5 Å². The van der Waals surface area contributed by atoms with Gasteiger partial charge in [0.2, 0.25) is 5.78 Å². The van der Waals surface area contributed by atoms with Crippen LogP contribution in [0.5, 0.6) is 0 Å². The number of hydrogen-bond acceptors (Lipinski definition) is 5. The fourth-order valence-electron chi connectivity index (χ4n) is 3.36. The van der Waals surface area contributed by atoms with Crippen LogP contribution >= 0.6 is 0 Å². The molecule has 9 heteroatoms. The summed E-state index contributed by atoms with van der Waals surface area (Å²) in [5.41, 5.74) is 7.21.